The Morgan fingerprint density at radius 2 is 2.24 bits per heavy atom. The van der Waals surface area contributed by atoms with Crippen LogP contribution >= 0.6 is 0 Å². The van der Waals surface area contributed by atoms with Gasteiger partial charge in [0.15, 0.2) is 0 Å². The zero-order valence-electron chi connectivity index (χ0n) is 10.7. The fourth-order valence-electron chi connectivity index (χ4n) is 3.76. The van der Waals surface area contributed by atoms with E-state index in [2.05, 4.69) is 16.9 Å². The van der Waals surface area contributed by atoms with Crippen molar-refractivity contribution >= 4 is 0 Å². The van der Waals surface area contributed by atoms with E-state index in [1.54, 1.807) is 11.9 Å². The lowest BCUT2D eigenvalue weighted by Gasteiger charge is -2.34. The highest BCUT2D eigenvalue weighted by atomic mass is 14.9. The van der Waals surface area contributed by atoms with Crippen molar-refractivity contribution in [2.24, 2.45) is 11.8 Å². The Morgan fingerprint density at radius 1 is 1.35 bits per heavy atom. The zero-order valence-corrected chi connectivity index (χ0v) is 10.7. The summed E-state index contributed by atoms with van der Waals surface area (Å²) in [6, 6.07) is 0. The van der Waals surface area contributed by atoms with Crippen LogP contribution in [0.1, 0.15) is 51.1 Å². The van der Waals surface area contributed by atoms with Crippen LogP contribution in [0.5, 0.6) is 0 Å². The highest BCUT2D eigenvalue weighted by Gasteiger charge is 2.27. The third-order valence-corrected chi connectivity index (χ3v) is 4.51. The number of nitrogens with one attached hydrogen (secondary N) is 1. The van der Waals surface area contributed by atoms with Gasteiger partial charge in [-0.15, -0.1) is 0 Å². The minimum atomic E-state index is 0.826. The summed E-state index contributed by atoms with van der Waals surface area (Å²) in [6.45, 7) is 2.43. The van der Waals surface area contributed by atoms with Gasteiger partial charge in [-0.3, -0.25) is 0 Å². The third-order valence-electron chi connectivity index (χ3n) is 4.51. The van der Waals surface area contributed by atoms with E-state index in [4.69, 9.17) is 0 Å². The van der Waals surface area contributed by atoms with Crippen LogP contribution in [0.3, 0.4) is 0 Å². The number of H-pyrrole nitrogens is 1. The molecule has 0 bridgehead atoms. The lowest BCUT2D eigenvalue weighted by atomic mass is 9.71. The van der Waals surface area contributed by atoms with Gasteiger partial charge in [0.1, 0.15) is 0 Å². The zero-order chi connectivity index (χ0) is 11.7. The van der Waals surface area contributed by atoms with Crippen molar-refractivity contribution in [3.63, 3.8) is 0 Å². The fourth-order valence-corrected chi connectivity index (χ4v) is 3.76. The fraction of sp³-hybridized carbons (Fsp3) is 0.667. The van der Waals surface area contributed by atoms with Gasteiger partial charge in [0.2, 0.25) is 0 Å². The molecular weight excluding hydrogens is 208 g/mol. The minimum Gasteiger partial charge on any atom is -0.348 e. The molecule has 1 aromatic heterocycles. The van der Waals surface area contributed by atoms with Crippen molar-refractivity contribution in [1.29, 1.82) is 0 Å². The average Bonchev–Trinajstić information content (AvgIpc) is 2.82. The molecular formula is C15H22N2. The van der Waals surface area contributed by atoms with E-state index in [-0.39, 0.29) is 0 Å². The number of aromatic nitrogens is 2. The van der Waals surface area contributed by atoms with Gasteiger partial charge in [-0.1, -0.05) is 18.1 Å². The SMILES string of the molecule is CC1CC(Cc2cnc[nH]2)CC2=C1CCCC2. The smallest absolute Gasteiger partial charge is 0.0921 e. The summed E-state index contributed by atoms with van der Waals surface area (Å²) < 4.78 is 0. The summed E-state index contributed by atoms with van der Waals surface area (Å²) in [5.74, 6) is 1.66. The number of hydrogen-bond acceptors (Lipinski definition) is 1. The largest absolute Gasteiger partial charge is 0.348 e. The molecule has 0 aromatic carbocycles. The molecule has 0 saturated carbocycles. The molecule has 0 radical (unpaired) electrons. The normalized spacial score (nSPS) is 29.2. The Balaban J connectivity index is 1.72. The van der Waals surface area contributed by atoms with E-state index in [1.807, 2.05) is 11.8 Å². The second-order valence-electron chi connectivity index (χ2n) is 5.82. The van der Waals surface area contributed by atoms with Crippen LogP contribution in [0.2, 0.25) is 0 Å². The van der Waals surface area contributed by atoms with E-state index in [9.17, 15) is 0 Å². The van der Waals surface area contributed by atoms with Gasteiger partial charge in [-0.05, 0) is 56.8 Å². The maximum Gasteiger partial charge on any atom is 0.0921 e. The molecule has 2 aliphatic carbocycles. The molecule has 0 spiro atoms. The second-order valence-corrected chi connectivity index (χ2v) is 5.82. The predicted molar refractivity (Wildman–Crippen MR) is 69.7 cm³/mol. The van der Waals surface area contributed by atoms with Crippen LogP contribution in [0.25, 0.3) is 0 Å². The monoisotopic (exact) mass is 230 g/mol. The number of hydrogen-bond donors (Lipinski definition) is 1. The molecule has 2 unspecified atom stereocenters. The Bertz CT molecular complexity index is 403. The first-order valence-electron chi connectivity index (χ1n) is 7.01. The van der Waals surface area contributed by atoms with E-state index >= 15 is 0 Å². The van der Waals surface area contributed by atoms with Crippen LogP contribution in [0, 0.1) is 11.8 Å². The Morgan fingerprint density at radius 3 is 3.06 bits per heavy atom. The predicted octanol–water partition coefficient (Wildman–Crippen LogP) is 3.87. The minimum absolute atomic E-state index is 0.826. The van der Waals surface area contributed by atoms with Gasteiger partial charge in [-0.2, -0.15) is 0 Å². The standard InChI is InChI=1S/C15H22N2/c1-11-6-12(8-14-9-16-10-17-14)7-13-4-2-3-5-15(11)13/h9-12H,2-8H2,1H3,(H,16,17). The van der Waals surface area contributed by atoms with Crippen molar-refractivity contribution in [1.82, 2.24) is 9.97 Å². The Labute approximate surface area is 104 Å². The van der Waals surface area contributed by atoms with Gasteiger partial charge < -0.3 is 4.98 Å². The highest BCUT2D eigenvalue weighted by Crippen LogP contribution is 2.42. The summed E-state index contributed by atoms with van der Waals surface area (Å²) in [7, 11) is 0. The first-order valence-corrected chi connectivity index (χ1v) is 7.01. The maximum absolute atomic E-state index is 4.12. The summed E-state index contributed by atoms with van der Waals surface area (Å²) in [5, 5.41) is 0. The van der Waals surface area contributed by atoms with Gasteiger partial charge in [0.05, 0.1) is 6.33 Å². The van der Waals surface area contributed by atoms with E-state index in [0.717, 1.165) is 11.8 Å². The molecule has 2 aliphatic rings. The van der Waals surface area contributed by atoms with Crippen molar-refractivity contribution in [2.45, 2.75) is 51.9 Å². The Kier molecular flexibility index (Phi) is 3.04. The van der Waals surface area contributed by atoms with Gasteiger partial charge in [0, 0.05) is 11.9 Å². The van der Waals surface area contributed by atoms with Gasteiger partial charge in [-0.25, -0.2) is 4.98 Å². The summed E-state index contributed by atoms with van der Waals surface area (Å²) >= 11 is 0. The molecule has 0 fully saturated rings. The lowest BCUT2D eigenvalue weighted by molar-refractivity contribution is 0.356. The van der Waals surface area contributed by atoms with Crippen LogP contribution in [0.4, 0.5) is 0 Å². The lowest BCUT2D eigenvalue weighted by Crippen LogP contribution is -2.21. The first kappa shape index (κ1) is 11.1. The van der Waals surface area contributed by atoms with Crippen molar-refractivity contribution in [3.05, 3.63) is 29.4 Å². The average molecular weight is 230 g/mol. The molecule has 2 heteroatoms. The molecule has 1 N–H and O–H groups in total. The topological polar surface area (TPSA) is 28.7 Å². The Hall–Kier alpha value is -1.05. The summed E-state index contributed by atoms with van der Waals surface area (Å²) in [4.78, 5) is 7.36. The van der Waals surface area contributed by atoms with E-state index < -0.39 is 0 Å². The van der Waals surface area contributed by atoms with E-state index in [0.29, 0.717) is 0 Å². The van der Waals surface area contributed by atoms with Gasteiger partial charge in [0.25, 0.3) is 0 Å². The van der Waals surface area contributed by atoms with Gasteiger partial charge >= 0.3 is 0 Å². The highest BCUT2D eigenvalue weighted by molar-refractivity contribution is 5.23. The number of nitrogens with zero attached hydrogens (tertiary/aromatic N) is 1. The molecule has 0 saturated heterocycles. The molecule has 3 rings (SSSR count). The van der Waals surface area contributed by atoms with Crippen LogP contribution in [0.15, 0.2) is 23.7 Å². The number of aromatic amines is 1. The van der Waals surface area contributed by atoms with Crippen LogP contribution in [-0.4, -0.2) is 9.97 Å². The third kappa shape index (κ3) is 2.31. The first-order chi connectivity index (χ1) is 8.33. The molecule has 2 atom stereocenters. The van der Waals surface area contributed by atoms with E-state index in [1.165, 1.54) is 50.6 Å². The number of rotatable bonds is 2. The van der Waals surface area contributed by atoms with Crippen LogP contribution < -0.4 is 0 Å². The summed E-state index contributed by atoms with van der Waals surface area (Å²) in [6.07, 6.45) is 13.3. The summed E-state index contributed by atoms with van der Waals surface area (Å²) in [5.41, 5.74) is 4.93. The second kappa shape index (κ2) is 4.67. The quantitative estimate of drug-likeness (QED) is 0.768. The van der Waals surface area contributed by atoms with Crippen molar-refractivity contribution in [2.75, 3.05) is 0 Å². The molecule has 92 valence electrons. The molecule has 0 amide bonds. The number of allylic oxidation sites excluding steroid dienone is 2. The molecule has 1 heterocycles. The number of imidazole rings is 1. The molecule has 0 aliphatic heterocycles. The molecule has 17 heavy (non-hydrogen) atoms. The van der Waals surface area contributed by atoms with Crippen LogP contribution in [-0.2, 0) is 6.42 Å². The molecule has 1 aromatic rings. The molecule has 2 nitrogen and oxygen atoms in total. The van der Waals surface area contributed by atoms with Crippen molar-refractivity contribution in [3.8, 4) is 0 Å². The maximum atomic E-state index is 4.12. The van der Waals surface area contributed by atoms with Crippen molar-refractivity contribution < 1.29 is 0 Å².